The zero-order valence-corrected chi connectivity index (χ0v) is 15.9. The molecule has 7 nitrogen and oxygen atoms in total. The molecule has 2 saturated heterocycles. The Kier molecular flexibility index (Phi) is 5.84. The fraction of sp³-hybridized carbons (Fsp3) is 0.611. The smallest absolute Gasteiger partial charge is 0.307 e. The minimum Gasteiger partial charge on any atom is -0.481 e. The molecule has 0 spiro atoms. The Balaban J connectivity index is 1.55. The molecule has 26 heavy (non-hydrogen) atoms. The monoisotopic (exact) mass is 381 g/mol. The fourth-order valence-corrected chi connectivity index (χ4v) is 5.28. The maximum absolute atomic E-state index is 12.6. The number of nitrogens with one attached hydrogen (secondary N) is 1. The van der Waals surface area contributed by atoms with Gasteiger partial charge in [0.2, 0.25) is 0 Å². The number of hydrogen-bond acceptors (Lipinski definition) is 4. The number of piperidine rings is 2. The van der Waals surface area contributed by atoms with E-state index < -0.39 is 22.1 Å². The second-order valence-electron chi connectivity index (χ2n) is 7.26. The van der Waals surface area contributed by atoms with Gasteiger partial charge in [-0.25, -0.2) is 0 Å². The molecule has 2 N–H and O–H groups in total. The van der Waals surface area contributed by atoms with Gasteiger partial charge in [0.25, 0.3) is 10.2 Å². The third kappa shape index (κ3) is 4.55. The van der Waals surface area contributed by atoms with Crippen LogP contribution in [0.1, 0.15) is 31.2 Å². The molecule has 0 aromatic heterocycles. The summed E-state index contributed by atoms with van der Waals surface area (Å²) in [4.78, 5) is 13.4. The van der Waals surface area contributed by atoms with Gasteiger partial charge in [-0.05, 0) is 50.3 Å². The van der Waals surface area contributed by atoms with Crippen molar-refractivity contribution < 1.29 is 18.3 Å². The van der Waals surface area contributed by atoms with E-state index in [2.05, 4.69) is 34.7 Å². The molecule has 0 amide bonds. The highest BCUT2D eigenvalue weighted by Crippen LogP contribution is 2.23. The van der Waals surface area contributed by atoms with E-state index in [1.54, 1.807) is 0 Å². The fourth-order valence-electron chi connectivity index (χ4n) is 3.73. The quantitative estimate of drug-likeness (QED) is 0.808. The van der Waals surface area contributed by atoms with E-state index in [0.29, 0.717) is 19.4 Å². The first kappa shape index (κ1) is 19.1. The van der Waals surface area contributed by atoms with Gasteiger partial charge >= 0.3 is 5.97 Å². The molecule has 2 fully saturated rings. The number of carboxylic acid groups (broad SMARTS) is 1. The van der Waals surface area contributed by atoms with Crippen molar-refractivity contribution in [2.45, 2.75) is 38.6 Å². The van der Waals surface area contributed by atoms with Crippen molar-refractivity contribution in [2.75, 3.05) is 31.1 Å². The first-order valence-corrected chi connectivity index (χ1v) is 10.6. The first-order valence-electron chi connectivity index (χ1n) is 9.17. The highest BCUT2D eigenvalue weighted by Gasteiger charge is 2.34. The van der Waals surface area contributed by atoms with Crippen LogP contribution in [0.15, 0.2) is 24.3 Å². The van der Waals surface area contributed by atoms with E-state index in [-0.39, 0.29) is 12.6 Å². The van der Waals surface area contributed by atoms with Gasteiger partial charge in [-0.3, -0.25) is 4.79 Å². The minimum absolute atomic E-state index is 0.0623. The number of nitrogens with zero attached hydrogens (tertiary/aromatic N) is 2. The molecule has 1 unspecified atom stereocenters. The number of aliphatic carboxylic acids is 1. The Morgan fingerprint density at radius 3 is 2.58 bits per heavy atom. The molecule has 8 heteroatoms. The van der Waals surface area contributed by atoms with Gasteiger partial charge < -0.3 is 10.0 Å². The Hall–Kier alpha value is -1.64. The van der Waals surface area contributed by atoms with E-state index in [4.69, 9.17) is 5.11 Å². The third-order valence-corrected chi connectivity index (χ3v) is 6.89. The van der Waals surface area contributed by atoms with Crippen molar-refractivity contribution in [3.8, 4) is 0 Å². The molecule has 0 radical (unpaired) electrons. The summed E-state index contributed by atoms with van der Waals surface area (Å²) >= 11 is 0. The van der Waals surface area contributed by atoms with Gasteiger partial charge in [0, 0.05) is 37.9 Å². The molecule has 1 aromatic carbocycles. The van der Waals surface area contributed by atoms with Crippen molar-refractivity contribution in [1.82, 2.24) is 9.03 Å². The standard InChI is InChI=1S/C18H27N3O4S/c1-14-4-2-6-17(12-14)20-10-7-16(8-11-20)19-26(24,25)21-9-3-5-15(13-21)18(22)23/h2,4,6,12,15-16,19H,3,5,7-11,13H2,1H3,(H,22,23). The molecule has 2 aliphatic rings. The third-order valence-electron chi connectivity index (χ3n) is 5.25. The SMILES string of the molecule is Cc1cccc(N2CCC(NS(=O)(=O)N3CCCC(C(=O)O)C3)CC2)c1. The predicted octanol–water partition coefficient (Wildman–Crippen LogP) is 1.59. The lowest BCUT2D eigenvalue weighted by molar-refractivity contribution is -0.142. The number of anilines is 1. The molecule has 3 rings (SSSR count). The summed E-state index contributed by atoms with van der Waals surface area (Å²) in [6.45, 7) is 4.12. The topological polar surface area (TPSA) is 90.0 Å². The molecule has 0 aliphatic carbocycles. The molecule has 2 aliphatic heterocycles. The Morgan fingerprint density at radius 1 is 1.19 bits per heavy atom. The molecule has 2 heterocycles. The van der Waals surface area contributed by atoms with E-state index in [1.807, 2.05) is 6.07 Å². The Morgan fingerprint density at radius 2 is 1.92 bits per heavy atom. The van der Waals surface area contributed by atoms with Crippen LogP contribution in [0.2, 0.25) is 0 Å². The maximum atomic E-state index is 12.6. The van der Waals surface area contributed by atoms with Gasteiger partial charge in [-0.1, -0.05) is 12.1 Å². The predicted molar refractivity (Wildman–Crippen MR) is 100 cm³/mol. The van der Waals surface area contributed by atoms with Crippen molar-refractivity contribution in [2.24, 2.45) is 5.92 Å². The van der Waals surface area contributed by atoms with Crippen molar-refractivity contribution in [3.63, 3.8) is 0 Å². The highest BCUT2D eigenvalue weighted by molar-refractivity contribution is 7.87. The molecule has 0 saturated carbocycles. The number of benzene rings is 1. The normalized spacial score (nSPS) is 23.1. The summed E-state index contributed by atoms with van der Waals surface area (Å²) in [6, 6.07) is 8.22. The second kappa shape index (κ2) is 7.94. The lowest BCUT2D eigenvalue weighted by Crippen LogP contribution is -2.52. The summed E-state index contributed by atoms with van der Waals surface area (Å²) < 4.78 is 29.3. The maximum Gasteiger partial charge on any atom is 0.307 e. The van der Waals surface area contributed by atoms with Crippen LogP contribution in [0.4, 0.5) is 5.69 Å². The van der Waals surface area contributed by atoms with Crippen LogP contribution in [0.5, 0.6) is 0 Å². The zero-order chi connectivity index (χ0) is 18.7. The van der Waals surface area contributed by atoms with E-state index in [0.717, 1.165) is 25.9 Å². The molecular weight excluding hydrogens is 354 g/mol. The zero-order valence-electron chi connectivity index (χ0n) is 15.1. The van der Waals surface area contributed by atoms with Gasteiger partial charge in [0.15, 0.2) is 0 Å². The molecular formula is C18H27N3O4S. The van der Waals surface area contributed by atoms with Crippen molar-refractivity contribution in [3.05, 3.63) is 29.8 Å². The van der Waals surface area contributed by atoms with Crippen LogP contribution in [0.25, 0.3) is 0 Å². The number of rotatable bonds is 5. The van der Waals surface area contributed by atoms with Gasteiger partial charge in [-0.2, -0.15) is 17.4 Å². The highest BCUT2D eigenvalue weighted by atomic mass is 32.2. The summed E-state index contributed by atoms with van der Waals surface area (Å²) in [5.41, 5.74) is 2.38. The Labute approximate surface area is 155 Å². The number of carboxylic acids is 1. The van der Waals surface area contributed by atoms with Crippen molar-refractivity contribution in [1.29, 1.82) is 0 Å². The molecule has 144 valence electrons. The molecule has 1 aromatic rings. The largest absolute Gasteiger partial charge is 0.481 e. The molecule has 0 bridgehead atoms. The first-order chi connectivity index (χ1) is 12.3. The van der Waals surface area contributed by atoms with Gasteiger partial charge in [0.05, 0.1) is 5.92 Å². The summed E-state index contributed by atoms with van der Waals surface area (Å²) in [6.07, 6.45) is 2.60. The number of hydrogen-bond donors (Lipinski definition) is 2. The van der Waals surface area contributed by atoms with E-state index in [1.165, 1.54) is 15.6 Å². The van der Waals surface area contributed by atoms with Crippen LogP contribution >= 0.6 is 0 Å². The van der Waals surface area contributed by atoms with Gasteiger partial charge in [0.1, 0.15) is 0 Å². The second-order valence-corrected chi connectivity index (χ2v) is 8.96. The average Bonchev–Trinajstić information content (AvgIpc) is 2.62. The minimum atomic E-state index is -3.64. The van der Waals surface area contributed by atoms with Crippen LogP contribution in [-0.4, -0.2) is 56.0 Å². The van der Waals surface area contributed by atoms with E-state index >= 15 is 0 Å². The lowest BCUT2D eigenvalue weighted by atomic mass is 10.0. The number of carbonyl (C=O) groups is 1. The summed E-state index contributed by atoms with van der Waals surface area (Å²) in [7, 11) is -3.64. The van der Waals surface area contributed by atoms with E-state index in [9.17, 15) is 13.2 Å². The van der Waals surface area contributed by atoms with Gasteiger partial charge in [-0.15, -0.1) is 0 Å². The summed E-state index contributed by atoms with van der Waals surface area (Å²) in [5, 5.41) is 9.15. The molecule has 1 atom stereocenters. The van der Waals surface area contributed by atoms with Crippen molar-refractivity contribution >= 4 is 21.9 Å². The van der Waals surface area contributed by atoms with Crippen LogP contribution in [0.3, 0.4) is 0 Å². The van der Waals surface area contributed by atoms with Crippen LogP contribution < -0.4 is 9.62 Å². The average molecular weight is 381 g/mol. The Bertz CT molecular complexity index is 745. The lowest BCUT2D eigenvalue weighted by Gasteiger charge is -2.36. The van der Waals surface area contributed by atoms with Crippen LogP contribution in [-0.2, 0) is 15.0 Å². The van der Waals surface area contributed by atoms with Crippen LogP contribution in [0, 0.1) is 12.8 Å². The summed E-state index contributed by atoms with van der Waals surface area (Å²) in [5.74, 6) is -1.53. The number of aryl methyl sites for hydroxylation is 1.